The topological polar surface area (TPSA) is 49.3 Å². The Labute approximate surface area is 95.5 Å². The van der Waals surface area contributed by atoms with Crippen molar-refractivity contribution in [3.63, 3.8) is 0 Å². The van der Waals surface area contributed by atoms with E-state index in [-0.39, 0.29) is 12.3 Å². The van der Waals surface area contributed by atoms with Crippen molar-refractivity contribution < 1.29 is 9.90 Å². The molecule has 0 saturated carbocycles. The van der Waals surface area contributed by atoms with Crippen molar-refractivity contribution >= 4 is 5.97 Å². The van der Waals surface area contributed by atoms with Crippen LogP contribution in [0.1, 0.15) is 30.7 Å². The molecule has 1 aliphatic heterocycles. The minimum Gasteiger partial charge on any atom is -0.481 e. The van der Waals surface area contributed by atoms with Gasteiger partial charge in [0.1, 0.15) is 0 Å². The summed E-state index contributed by atoms with van der Waals surface area (Å²) in [6.07, 6.45) is 2.43. The number of benzene rings is 1. The zero-order valence-electron chi connectivity index (χ0n) is 9.23. The van der Waals surface area contributed by atoms with Gasteiger partial charge < -0.3 is 10.4 Å². The second-order valence-electron chi connectivity index (χ2n) is 4.32. The summed E-state index contributed by atoms with van der Waals surface area (Å²) in [5.41, 5.74) is 1.13. The first-order chi connectivity index (χ1) is 7.77. The van der Waals surface area contributed by atoms with Gasteiger partial charge in [0.05, 0.1) is 6.42 Å². The van der Waals surface area contributed by atoms with Gasteiger partial charge in [0.15, 0.2) is 0 Å². The molecule has 0 bridgehead atoms. The van der Waals surface area contributed by atoms with Gasteiger partial charge in [-0.25, -0.2) is 0 Å². The van der Waals surface area contributed by atoms with Crippen LogP contribution < -0.4 is 5.32 Å². The lowest BCUT2D eigenvalue weighted by Crippen LogP contribution is -2.30. The monoisotopic (exact) mass is 219 g/mol. The minimum atomic E-state index is -0.720. The molecule has 3 nitrogen and oxygen atoms in total. The van der Waals surface area contributed by atoms with E-state index < -0.39 is 5.97 Å². The number of nitrogens with one attached hydrogen (secondary N) is 1. The van der Waals surface area contributed by atoms with Crippen LogP contribution in [0.2, 0.25) is 0 Å². The van der Waals surface area contributed by atoms with E-state index in [1.54, 1.807) is 0 Å². The van der Waals surface area contributed by atoms with Crippen LogP contribution >= 0.6 is 0 Å². The van der Waals surface area contributed by atoms with Crippen LogP contribution in [0.15, 0.2) is 30.3 Å². The fourth-order valence-electron chi connectivity index (χ4n) is 2.44. The normalized spacial score (nSPS) is 21.9. The standard InChI is InChI=1S/C13H17NO2/c15-13(16)9-11(12-7-4-8-14-12)10-5-2-1-3-6-10/h1-3,5-6,11-12,14H,4,7-9H2,(H,15,16)/t11-,12-/m1/s1. The molecule has 0 unspecified atom stereocenters. The van der Waals surface area contributed by atoms with Crippen LogP contribution in [0.4, 0.5) is 0 Å². The number of aliphatic carboxylic acids is 1. The summed E-state index contributed by atoms with van der Waals surface area (Å²) < 4.78 is 0. The van der Waals surface area contributed by atoms with E-state index in [4.69, 9.17) is 5.11 Å². The molecule has 0 amide bonds. The van der Waals surface area contributed by atoms with Crippen molar-refractivity contribution in [3.8, 4) is 0 Å². The van der Waals surface area contributed by atoms with Gasteiger partial charge in [-0.2, -0.15) is 0 Å². The maximum absolute atomic E-state index is 10.9. The highest BCUT2D eigenvalue weighted by Crippen LogP contribution is 2.28. The third-order valence-electron chi connectivity index (χ3n) is 3.21. The second-order valence-corrected chi connectivity index (χ2v) is 4.32. The maximum atomic E-state index is 10.9. The lowest BCUT2D eigenvalue weighted by atomic mass is 9.88. The highest BCUT2D eigenvalue weighted by Gasteiger charge is 2.27. The molecule has 0 aliphatic carbocycles. The molecular weight excluding hydrogens is 202 g/mol. The van der Waals surface area contributed by atoms with Crippen molar-refractivity contribution in [2.75, 3.05) is 6.54 Å². The summed E-state index contributed by atoms with van der Waals surface area (Å²) in [4.78, 5) is 10.9. The molecule has 2 rings (SSSR count). The van der Waals surface area contributed by atoms with Gasteiger partial charge in [-0.3, -0.25) is 4.79 Å². The Morgan fingerprint density at radius 2 is 2.19 bits per heavy atom. The Hall–Kier alpha value is -1.35. The Morgan fingerprint density at radius 1 is 1.44 bits per heavy atom. The van der Waals surface area contributed by atoms with Gasteiger partial charge >= 0.3 is 5.97 Å². The molecule has 1 fully saturated rings. The summed E-state index contributed by atoms with van der Waals surface area (Å²) in [6, 6.07) is 10.3. The quantitative estimate of drug-likeness (QED) is 0.814. The number of carboxylic acid groups (broad SMARTS) is 1. The van der Waals surface area contributed by atoms with Crippen LogP contribution in [0.3, 0.4) is 0 Å². The van der Waals surface area contributed by atoms with Crippen molar-refractivity contribution in [2.45, 2.75) is 31.2 Å². The second kappa shape index (κ2) is 5.12. The first kappa shape index (κ1) is 11.1. The van der Waals surface area contributed by atoms with Crippen molar-refractivity contribution in [1.82, 2.24) is 5.32 Å². The molecule has 3 heteroatoms. The van der Waals surface area contributed by atoms with Gasteiger partial charge in [-0.1, -0.05) is 30.3 Å². The average Bonchev–Trinajstić information content (AvgIpc) is 2.80. The van der Waals surface area contributed by atoms with Gasteiger partial charge in [-0.05, 0) is 24.9 Å². The van der Waals surface area contributed by atoms with Gasteiger partial charge in [-0.15, -0.1) is 0 Å². The SMILES string of the molecule is O=C(O)C[C@H](c1ccccc1)[C@H]1CCCN1. The molecule has 2 atom stereocenters. The Morgan fingerprint density at radius 3 is 2.75 bits per heavy atom. The highest BCUT2D eigenvalue weighted by molar-refractivity contribution is 5.68. The number of carbonyl (C=O) groups is 1. The summed E-state index contributed by atoms with van der Waals surface area (Å²) in [7, 11) is 0. The third kappa shape index (κ3) is 2.61. The molecule has 1 heterocycles. The summed E-state index contributed by atoms with van der Waals surface area (Å²) >= 11 is 0. The highest BCUT2D eigenvalue weighted by atomic mass is 16.4. The minimum absolute atomic E-state index is 0.0983. The van der Waals surface area contributed by atoms with Crippen molar-refractivity contribution in [2.24, 2.45) is 0 Å². The Kier molecular flexibility index (Phi) is 3.57. The van der Waals surface area contributed by atoms with Crippen LogP contribution in [-0.2, 0) is 4.79 Å². The van der Waals surface area contributed by atoms with Crippen LogP contribution in [0, 0.1) is 0 Å². The fraction of sp³-hybridized carbons (Fsp3) is 0.462. The molecule has 1 aliphatic rings. The molecule has 2 N–H and O–H groups in total. The molecule has 1 aromatic carbocycles. The van der Waals surface area contributed by atoms with E-state index >= 15 is 0 Å². The van der Waals surface area contributed by atoms with Gasteiger partial charge in [0, 0.05) is 12.0 Å². The van der Waals surface area contributed by atoms with Crippen molar-refractivity contribution in [1.29, 1.82) is 0 Å². The average molecular weight is 219 g/mol. The number of rotatable bonds is 4. The lowest BCUT2D eigenvalue weighted by molar-refractivity contribution is -0.137. The molecule has 86 valence electrons. The molecule has 16 heavy (non-hydrogen) atoms. The van der Waals surface area contributed by atoms with Crippen LogP contribution in [-0.4, -0.2) is 23.7 Å². The smallest absolute Gasteiger partial charge is 0.304 e. The third-order valence-corrected chi connectivity index (χ3v) is 3.21. The predicted molar refractivity (Wildman–Crippen MR) is 62.5 cm³/mol. The Balaban J connectivity index is 2.16. The van der Waals surface area contributed by atoms with Gasteiger partial charge in [0.25, 0.3) is 0 Å². The predicted octanol–water partition coefficient (Wildman–Crippen LogP) is 2.00. The molecule has 0 radical (unpaired) electrons. The summed E-state index contributed by atoms with van der Waals surface area (Å²) in [5.74, 6) is -0.622. The zero-order valence-corrected chi connectivity index (χ0v) is 9.23. The van der Waals surface area contributed by atoms with Crippen molar-refractivity contribution in [3.05, 3.63) is 35.9 Å². The van der Waals surface area contributed by atoms with Gasteiger partial charge in [0.2, 0.25) is 0 Å². The van der Waals surface area contributed by atoms with E-state index in [1.807, 2.05) is 30.3 Å². The number of carboxylic acids is 1. The molecular formula is C13H17NO2. The molecule has 0 aromatic heterocycles. The maximum Gasteiger partial charge on any atom is 0.304 e. The molecule has 1 saturated heterocycles. The van der Waals surface area contributed by atoms with E-state index in [0.717, 1.165) is 24.9 Å². The van der Waals surface area contributed by atoms with Crippen LogP contribution in [0.25, 0.3) is 0 Å². The molecule has 0 spiro atoms. The van der Waals surface area contributed by atoms with E-state index in [9.17, 15) is 4.79 Å². The number of hydrogen-bond acceptors (Lipinski definition) is 2. The lowest BCUT2D eigenvalue weighted by Gasteiger charge is -2.22. The fourth-order valence-corrected chi connectivity index (χ4v) is 2.44. The van der Waals surface area contributed by atoms with E-state index in [2.05, 4.69) is 5.32 Å². The summed E-state index contributed by atoms with van der Waals surface area (Å²) in [6.45, 7) is 1.01. The Bertz CT molecular complexity index is 344. The van der Waals surface area contributed by atoms with E-state index in [1.165, 1.54) is 0 Å². The summed E-state index contributed by atoms with van der Waals surface area (Å²) in [5, 5.41) is 12.4. The van der Waals surface area contributed by atoms with E-state index in [0.29, 0.717) is 6.04 Å². The molecule has 1 aromatic rings. The largest absolute Gasteiger partial charge is 0.481 e. The van der Waals surface area contributed by atoms with Crippen LogP contribution in [0.5, 0.6) is 0 Å². The first-order valence-electron chi connectivity index (χ1n) is 5.77. The number of hydrogen-bond donors (Lipinski definition) is 2. The zero-order chi connectivity index (χ0) is 11.4. The first-order valence-corrected chi connectivity index (χ1v) is 5.77.